The second-order valence-corrected chi connectivity index (χ2v) is 7.06. The van der Waals surface area contributed by atoms with Gasteiger partial charge in [0.05, 0.1) is 5.92 Å². The molecular weight excluding hydrogens is 369 g/mol. The summed E-state index contributed by atoms with van der Waals surface area (Å²) in [7, 11) is 0. The van der Waals surface area contributed by atoms with Crippen LogP contribution < -0.4 is 10.2 Å². The van der Waals surface area contributed by atoms with E-state index in [1.165, 1.54) is 6.92 Å². The lowest BCUT2D eigenvalue weighted by atomic mass is 9.98. The van der Waals surface area contributed by atoms with Gasteiger partial charge in [-0.15, -0.1) is 0 Å². The van der Waals surface area contributed by atoms with Crippen molar-refractivity contribution >= 4 is 11.7 Å². The van der Waals surface area contributed by atoms with E-state index in [1.807, 2.05) is 42.2 Å². The van der Waals surface area contributed by atoms with Crippen LogP contribution in [0.3, 0.4) is 0 Å². The number of piperidine rings is 1. The highest BCUT2D eigenvalue weighted by Crippen LogP contribution is 2.30. The number of hydrogen-bond donors (Lipinski definition) is 1. The number of carbonyl (C=O) groups is 1. The van der Waals surface area contributed by atoms with Crippen LogP contribution in [0.4, 0.5) is 19.0 Å². The SMILES string of the molecule is Cc1nc(N2CCC(NC(=O)[C@H](C)c3ccccc3)CC2)cc(C(F)(F)F)n1. The molecule has 1 aliphatic heterocycles. The fraction of sp³-hybridized carbons (Fsp3) is 0.450. The fourth-order valence-electron chi connectivity index (χ4n) is 3.33. The number of aromatic nitrogens is 2. The Morgan fingerprint density at radius 3 is 2.43 bits per heavy atom. The number of nitrogens with one attached hydrogen (secondary N) is 1. The maximum absolute atomic E-state index is 13.0. The number of alkyl halides is 3. The zero-order valence-electron chi connectivity index (χ0n) is 15.8. The highest BCUT2D eigenvalue weighted by molar-refractivity contribution is 5.83. The minimum Gasteiger partial charge on any atom is -0.356 e. The Hall–Kier alpha value is -2.64. The van der Waals surface area contributed by atoms with E-state index >= 15 is 0 Å². The maximum Gasteiger partial charge on any atom is 0.433 e. The van der Waals surface area contributed by atoms with E-state index in [0.29, 0.717) is 25.9 Å². The zero-order valence-corrected chi connectivity index (χ0v) is 15.8. The second kappa shape index (κ2) is 8.16. The van der Waals surface area contributed by atoms with Crippen LogP contribution in [-0.2, 0) is 11.0 Å². The van der Waals surface area contributed by atoms with Crippen molar-refractivity contribution in [1.82, 2.24) is 15.3 Å². The van der Waals surface area contributed by atoms with Gasteiger partial charge in [-0.25, -0.2) is 9.97 Å². The zero-order chi connectivity index (χ0) is 20.3. The molecule has 8 heteroatoms. The van der Waals surface area contributed by atoms with Crippen molar-refractivity contribution in [2.45, 2.75) is 44.8 Å². The highest BCUT2D eigenvalue weighted by atomic mass is 19.4. The number of aryl methyl sites for hydroxylation is 1. The Morgan fingerprint density at radius 2 is 1.82 bits per heavy atom. The van der Waals surface area contributed by atoms with Gasteiger partial charge in [-0.1, -0.05) is 30.3 Å². The normalized spacial score (nSPS) is 16.7. The van der Waals surface area contributed by atoms with Crippen molar-refractivity contribution in [1.29, 1.82) is 0 Å². The van der Waals surface area contributed by atoms with Crippen molar-refractivity contribution in [2.75, 3.05) is 18.0 Å². The molecule has 2 aromatic rings. The molecule has 1 N–H and O–H groups in total. The lowest BCUT2D eigenvalue weighted by molar-refractivity contribution is -0.141. The van der Waals surface area contributed by atoms with Crippen LogP contribution in [0.5, 0.6) is 0 Å². The van der Waals surface area contributed by atoms with Gasteiger partial charge < -0.3 is 10.2 Å². The average molecular weight is 392 g/mol. The number of anilines is 1. The van der Waals surface area contributed by atoms with Crippen molar-refractivity contribution in [3.05, 3.63) is 53.5 Å². The molecular formula is C20H23F3N4O. The van der Waals surface area contributed by atoms with Gasteiger partial charge in [0.25, 0.3) is 0 Å². The molecule has 1 amide bonds. The highest BCUT2D eigenvalue weighted by Gasteiger charge is 2.34. The molecule has 1 aliphatic rings. The summed E-state index contributed by atoms with van der Waals surface area (Å²) in [5.41, 5.74) is 0.0238. The lowest BCUT2D eigenvalue weighted by Crippen LogP contribution is -2.46. The number of halogens is 3. The molecule has 28 heavy (non-hydrogen) atoms. The van der Waals surface area contributed by atoms with Crippen molar-refractivity contribution in [2.24, 2.45) is 0 Å². The predicted molar refractivity (Wildman–Crippen MR) is 100 cm³/mol. The first-order chi connectivity index (χ1) is 13.2. The summed E-state index contributed by atoms with van der Waals surface area (Å²) >= 11 is 0. The first-order valence-corrected chi connectivity index (χ1v) is 9.27. The molecule has 1 saturated heterocycles. The third-order valence-corrected chi connectivity index (χ3v) is 4.97. The molecule has 150 valence electrons. The quantitative estimate of drug-likeness (QED) is 0.862. The number of hydrogen-bond acceptors (Lipinski definition) is 4. The summed E-state index contributed by atoms with van der Waals surface area (Å²) < 4.78 is 38.9. The smallest absolute Gasteiger partial charge is 0.356 e. The van der Waals surface area contributed by atoms with Gasteiger partial charge in [0, 0.05) is 25.2 Å². The summed E-state index contributed by atoms with van der Waals surface area (Å²) in [5, 5.41) is 3.06. The lowest BCUT2D eigenvalue weighted by Gasteiger charge is -2.34. The van der Waals surface area contributed by atoms with Crippen LogP contribution in [0.15, 0.2) is 36.4 Å². The predicted octanol–water partition coefficient (Wildman–Crippen LogP) is 3.69. The molecule has 1 aromatic carbocycles. The second-order valence-electron chi connectivity index (χ2n) is 7.06. The third-order valence-electron chi connectivity index (χ3n) is 4.97. The topological polar surface area (TPSA) is 58.1 Å². The standard InChI is InChI=1S/C20H23F3N4O/c1-13(15-6-4-3-5-7-15)19(28)26-16-8-10-27(11-9-16)18-12-17(20(21,22)23)24-14(2)25-18/h3-7,12-13,16H,8-11H2,1-2H3,(H,26,28)/t13-/m1/s1. The fourth-order valence-corrected chi connectivity index (χ4v) is 3.33. The van der Waals surface area contributed by atoms with Crippen molar-refractivity contribution < 1.29 is 18.0 Å². The largest absolute Gasteiger partial charge is 0.433 e. The Morgan fingerprint density at radius 1 is 1.18 bits per heavy atom. The summed E-state index contributed by atoms with van der Waals surface area (Å²) in [6, 6.07) is 10.5. The molecule has 0 radical (unpaired) electrons. The van der Waals surface area contributed by atoms with Gasteiger partial charge in [-0.05, 0) is 32.3 Å². The first-order valence-electron chi connectivity index (χ1n) is 9.27. The van der Waals surface area contributed by atoms with E-state index < -0.39 is 11.9 Å². The van der Waals surface area contributed by atoms with Gasteiger partial charge in [0.2, 0.25) is 5.91 Å². The number of benzene rings is 1. The van der Waals surface area contributed by atoms with Gasteiger partial charge >= 0.3 is 6.18 Å². The van der Waals surface area contributed by atoms with E-state index in [9.17, 15) is 18.0 Å². The first kappa shape index (κ1) is 20.1. The van der Waals surface area contributed by atoms with Crippen LogP contribution in [0.25, 0.3) is 0 Å². The van der Waals surface area contributed by atoms with Crippen LogP contribution >= 0.6 is 0 Å². The van der Waals surface area contributed by atoms with E-state index in [1.54, 1.807) is 0 Å². The molecule has 1 atom stereocenters. The minimum absolute atomic E-state index is 0.0000621. The van der Waals surface area contributed by atoms with Crippen molar-refractivity contribution in [3.8, 4) is 0 Å². The minimum atomic E-state index is -4.50. The molecule has 5 nitrogen and oxygen atoms in total. The summed E-state index contributed by atoms with van der Waals surface area (Å²) in [6.45, 7) is 4.37. The molecule has 1 aromatic heterocycles. The van der Waals surface area contributed by atoms with Crippen LogP contribution in [0.2, 0.25) is 0 Å². The van der Waals surface area contributed by atoms with Crippen molar-refractivity contribution in [3.63, 3.8) is 0 Å². The van der Waals surface area contributed by atoms with Gasteiger partial charge in [-0.3, -0.25) is 4.79 Å². The van der Waals surface area contributed by atoms with Gasteiger partial charge in [0.15, 0.2) is 0 Å². The Kier molecular flexibility index (Phi) is 5.86. The van der Waals surface area contributed by atoms with Crippen LogP contribution in [-0.4, -0.2) is 35.0 Å². The molecule has 2 heterocycles. The average Bonchev–Trinajstić information content (AvgIpc) is 2.67. The molecule has 1 fully saturated rings. The number of rotatable bonds is 4. The van der Waals surface area contributed by atoms with Crippen LogP contribution in [0, 0.1) is 6.92 Å². The van der Waals surface area contributed by atoms with Crippen LogP contribution in [0.1, 0.15) is 42.8 Å². The summed E-state index contributed by atoms with van der Waals surface area (Å²) in [6.07, 6.45) is -3.20. The monoisotopic (exact) mass is 392 g/mol. The number of nitrogens with zero attached hydrogens (tertiary/aromatic N) is 3. The van der Waals surface area contributed by atoms with Gasteiger partial charge in [0.1, 0.15) is 17.3 Å². The Labute approximate surface area is 162 Å². The third kappa shape index (κ3) is 4.79. The molecule has 0 spiro atoms. The molecule has 3 rings (SSSR count). The molecule has 0 saturated carbocycles. The van der Waals surface area contributed by atoms with E-state index in [0.717, 1.165) is 11.6 Å². The molecule has 0 aliphatic carbocycles. The van der Waals surface area contributed by atoms with E-state index in [4.69, 9.17) is 0 Å². The van der Waals surface area contributed by atoms with Gasteiger partial charge in [-0.2, -0.15) is 13.2 Å². The Bertz CT molecular complexity index is 818. The number of carbonyl (C=O) groups excluding carboxylic acids is 1. The summed E-state index contributed by atoms with van der Waals surface area (Å²) in [4.78, 5) is 21.9. The summed E-state index contributed by atoms with van der Waals surface area (Å²) in [5.74, 6) is 0.0826. The van der Waals surface area contributed by atoms with E-state index in [2.05, 4.69) is 15.3 Å². The van der Waals surface area contributed by atoms with E-state index in [-0.39, 0.29) is 29.5 Å². The molecule has 0 bridgehead atoms. The molecule has 0 unspecified atom stereocenters. The Balaban J connectivity index is 1.59. The maximum atomic E-state index is 13.0. The number of amides is 1.